The van der Waals surface area contributed by atoms with Crippen molar-refractivity contribution in [3.63, 3.8) is 0 Å². The fourth-order valence-corrected chi connectivity index (χ4v) is 3.44. The van der Waals surface area contributed by atoms with E-state index >= 15 is 0 Å². The quantitative estimate of drug-likeness (QED) is 0.758. The topological polar surface area (TPSA) is 34.1 Å². The van der Waals surface area contributed by atoms with Crippen LogP contribution >= 0.6 is 11.6 Å². The third-order valence-electron chi connectivity index (χ3n) is 4.62. The average Bonchev–Trinajstić information content (AvgIpc) is 2.57. The van der Waals surface area contributed by atoms with E-state index in [1.807, 2.05) is 24.4 Å². The van der Waals surface area contributed by atoms with Crippen LogP contribution in [0.25, 0.3) is 10.8 Å². The second kappa shape index (κ2) is 7.98. The van der Waals surface area contributed by atoms with Crippen LogP contribution in [0.4, 0.5) is 0 Å². The Labute approximate surface area is 143 Å². The van der Waals surface area contributed by atoms with Crippen molar-refractivity contribution in [2.24, 2.45) is 0 Å². The minimum Gasteiger partial charge on any atom is -0.489 e. The van der Waals surface area contributed by atoms with Crippen LogP contribution in [0.3, 0.4) is 0 Å². The predicted octanol–water partition coefficient (Wildman–Crippen LogP) is 4.97. The molecule has 4 heteroatoms. The lowest BCUT2D eigenvalue weighted by Gasteiger charge is -2.30. The van der Waals surface area contributed by atoms with Crippen molar-refractivity contribution < 1.29 is 4.74 Å². The van der Waals surface area contributed by atoms with Gasteiger partial charge in [0.25, 0.3) is 0 Å². The van der Waals surface area contributed by atoms with E-state index < -0.39 is 0 Å². The highest BCUT2D eigenvalue weighted by Crippen LogP contribution is 2.32. The van der Waals surface area contributed by atoms with Crippen molar-refractivity contribution in [1.29, 1.82) is 0 Å². The molecule has 0 saturated heterocycles. The van der Waals surface area contributed by atoms with Crippen molar-refractivity contribution >= 4 is 22.4 Å². The van der Waals surface area contributed by atoms with E-state index in [0.717, 1.165) is 35.9 Å². The van der Waals surface area contributed by atoms with Crippen LogP contribution < -0.4 is 10.1 Å². The molecule has 0 atom stereocenters. The van der Waals surface area contributed by atoms with Gasteiger partial charge in [-0.3, -0.25) is 4.98 Å². The molecule has 1 saturated carbocycles. The van der Waals surface area contributed by atoms with Gasteiger partial charge in [0.15, 0.2) is 0 Å². The van der Waals surface area contributed by atoms with Gasteiger partial charge >= 0.3 is 0 Å². The summed E-state index contributed by atoms with van der Waals surface area (Å²) in [7, 11) is 0. The van der Waals surface area contributed by atoms with E-state index in [0.29, 0.717) is 11.1 Å². The first-order valence-electron chi connectivity index (χ1n) is 8.69. The summed E-state index contributed by atoms with van der Waals surface area (Å²) in [6.45, 7) is 3.37. The molecule has 0 radical (unpaired) electrons. The number of nitrogens with one attached hydrogen (secondary N) is 1. The summed E-state index contributed by atoms with van der Waals surface area (Å²) < 4.78 is 6.19. The summed E-state index contributed by atoms with van der Waals surface area (Å²) in [5.74, 6) is 0.799. The predicted molar refractivity (Wildman–Crippen MR) is 96.3 cm³/mol. The fraction of sp³-hybridized carbons (Fsp3) is 0.526. The Hall–Kier alpha value is -1.32. The van der Waals surface area contributed by atoms with Gasteiger partial charge < -0.3 is 10.1 Å². The van der Waals surface area contributed by atoms with Crippen LogP contribution in [-0.4, -0.2) is 23.7 Å². The number of nitrogens with zero attached hydrogens (tertiary/aromatic N) is 1. The molecule has 1 aliphatic rings. The van der Waals surface area contributed by atoms with Crippen molar-refractivity contribution in [3.05, 3.63) is 35.6 Å². The number of pyridine rings is 1. The number of ether oxygens (including phenoxy) is 1. The van der Waals surface area contributed by atoms with Crippen LogP contribution in [0, 0.1) is 0 Å². The summed E-state index contributed by atoms with van der Waals surface area (Å²) in [5, 5.41) is 6.50. The molecule has 0 bridgehead atoms. The van der Waals surface area contributed by atoms with E-state index in [1.165, 1.54) is 25.7 Å². The molecule has 1 N–H and O–H groups in total. The lowest BCUT2D eigenvalue weighted by molar-refractivity contribution is 0.140. The van der Waals surface area contributed by atoms with E-state index in [9.17, 15) is 0 Å². The molecular weight excluding hydrogens is 308 g/mol. The Kier molecular flexibility index (Phi) is 5.74. The first kappa shape index (κ1) is 16.5. The highest BCUT2D eigenvalue weighted by Gasteiger charge is 2.22. The molecule has 1 aromatic heterocycles. The maximum atomic E-state index is 6.37. The standard InChI is InChI=1S/C19H25ClN2O/c1-2-3-9-22-16-4-6-17(7-5-16)23-19-12-14-8-10-21-13-15(14)11-18(19)20/h8,10-13,16-17,22H,2-7,9H2,1H3/t16-,17-. The summed E-state index contributed by atoms with van der Waals surface area (Å²) in [6.07, 6.45) is 11.0. The summed E-state index contributed by atoms with van der Waals surface area (Å²) in [6, 6.07) is 6.62. The summed E-state index contributed by atoms with van der Waals surface area (Å²) >= 11 is 6.37. The van der Waals surface area contributed by atoms with Gasteiger partial charge in [-0.05, 0) is 62.2 Å². The Morgan fingerprint density at radius 3 is 2.83 bits per heavy atom. The van der Waals surface area contributed by atoms with Crippen molar-refractivity contribution in [3.8, 4) is 5.75 Å². The maximum absolute atomic E-state index is 6.37. The average molecular weight is 333 g/mol. The lowest BCUT2D eigenvalue weighted by atomic mass is 9.93. The molecule has 0 amide bonds. The van der Waals surface area contributed by atoms with Gasteiger partial charge in [0, 0.05) is 23.8 Å². The molecule has 0 unspecified atom stereocenters. The van der Waals surface area contributed by atoms with Gasteiger partial charge in [-0.2, -0.15) is 0 Å². The molecule has 2 aromatic rings. The van der Waals surface area contributed by atoms with Crippen LogP contribution in [0.1, 0.15) is 45.4 Å². The molecule has 1 aliphatic carbocycles. The smallest absolute Gasteiger partial charge is 0.138 e. The van der Waals surface area contributed by atoms with E-state index in [4.69, 9.17) is 16.3 Å². The van der Waals surface area contributed by atoms with Crippen LogP contribution in [0.5, 0.6) is 5.75 Å². The molecule has 1 fully saturated rings. The number of halogens is 1. The molecule has 0 spiro atoms. The Morgan fingerprint density at radius 1 is 1.22 bits per heavy atom. The molecule has 1 heterocycles. The molecule has 1 aromatic carbocycles. The van der Waals surface area contributed by atoms with Gasteiger partial charge in [0.2, 0.25) is 0 Å². The molecule has 3 nitrogen and oxygen atoms in total. The Balaban J connectivity index is 1.57. The zero-order chi connectivity index (χ0) is 16.1. The highest BCUT2D eigenvalue weighted by atomic mass is 35.5. The van der Waals surface area contributed by atoms with Crippen LogP contribution in [0.15, 0.2) is 30.6 Å². The van der Waals surface area contributed by atoms with Gasteiger partial charge in [0.05, 0.1) is 11.1 Å². The van der Waals surface area contributed by atoms with Crippen LogP contribution in [-0.2, 0) is 0 Å². The molecule has 23 heavy (non-hydrogen) atoms. The number of hydrogen-bond donors (Lipinski definition) is 1. The number of fused-ring (bicyclic) bond motifs is 1. The minimum atomic E-state index is 0.274. The largest absolute Gasteiger partial charge is 0.489 e. The summed E-state index contributed by atoms with van der Waals surface area (Å²) in [4.78, 5) is 4.13. The molecule has 0 aliphatic heterocycles. The lowest BCUT2D eigenvalue weighted by Crippen LogP contribution is -2.36. The van der Waals surface area contributed by atoms with Crippen molar-refractivity contribution in [2.45, 2.75) is 57.6 Å². The molecule has 124 valence electrons. The normalized spacial score (nSPS) is 21.5. The molecule has 3 rings (SSSR count). The monoisotopic (exact) mass is 332 g/mol. The number of aromatic nitrogens is 1. The van der Waals surface area contributed by atoms with Gasteiger partial charge in [-0.1, -0.05) is 24.9 Å². The van der Waals surface area contributed by atoms with Crippen molar-refractivity contribution in [1.82, 2.24) is 10.3 Å². The first-order valence-corrected chi connectivity index (χ1v) is 9.07. The van der Waals surface area contributed by atoms with Gasteiger partial charge in [-0.25, -0.2) is 0 Å². The van der Waals surface area contributed by atoms with Gasteiger partial charge in [0.1, 0.15) is 5.75 Å². The van der Waals surface area contributed by atoms with E-state index in [1.54, 1.807) is 6.20 Å². The second-order valence-corrected chi connectivity index (χ2v) is 6.81. The summed E-state index contributed by atoms with van der Waals surface area (Å²) in [5.41, 5.74) is 0. The zero-order valence-corrected chi connectivity index (χ0v) is 14.5. The Bertz CT molecular complexity index is 638. The molecular formula is C19H25ClN2O. The number of unbranched alkanes of at least 4 members (excludes halogenated alkanes) is 1. The third-order valence-corrected chi connectivity index (χ3v) is 4.92. The zero-order valence-electron chi connectivity index (χ0n) is 13.7. The first-order chi connectivity index (χ1) is 11.3. The van der Waals surface area contributed by atoms with E-state index in [-0.39, 0.29) is 6.10 Å². The second-order valence-electron chi connectivity index (χ2n) is 6.40. The fourth-order valence-electron chi connectivity index (χ4n) is 3.22. The van der Waals surface area contributed by atoms with Crippen LogP contribution in [0.2, 0.25) is 5.02 Å². The van der Waals surface area contributed by atoms with Crippen molar-refractivity contribution in [2.75, 3.05) is 6.54 Å². The number of benzene rings is 1. The Morgan fingerprint density at radius 2 is 2.04 bits per heavy atom. The van der Waals surface area contributed by atoms with Gasteiger partial charge in [-0.15, -0.1) is 0 Å². The number of hydrogen-bond acceptors (Lipinski definition) is 3. The minimum absolute atomic E-state index is 0.274. The highest BCUT2D eigenvalue weighted by molar-refractivity contribution is 6.32. The SMILES string of the molecule is CCCCN[C@H]1CC[C@H](Oc2cc3ccncc3cc2Cl)CC1. The van der Waals surface area contributed by atoms with E-state index in [2.05, 4.69) is 17.2 Å². The maximum Gasteiger partial charge on any atom is 0.138 e. The number of rotatable bonds is 6. The third kappa shape index (κ3) is 4.36.